The van der Waals surface area contributed by atoms with E-state index in [-0.39, 0.29) is 16.9 Å². The molecule has 3 atom stereocenters. The van der Waals surface area contributed by atoms with Gasteiger partial charge in [0.15, 0.2) is 0 Å². The van der Waals surface area contributed by atoms with Gasteiger partial charge in [-0.2, -0.15) is 0 Å². The van der Waals surface area contributed by atoms with Crippen molar-refractivity contribution in [2.24, 2.45) is 11.1 Å². The van der Waals surface area contributed by atoms with Crippen LogP contribution in [-0.4, -0.2) is 8.42 Å². The molecule has 0 fully saturated rings. The van der Waals surface area contributed by atoms with Gasteiger partial charge < -0.3 is 5.32 Å². The van der Waals surface area contributed by atoms with Crippen molar-refractivity contribution in [3.05, 3.63) is 71.3 Å². The van der Waals surface area contributed by atoms with E-state index in [0.717, 1.165) is 17.7 Å². The van der Waals surface area contributed by atoms with Gasteiger partial charge in [0.05, 0.1) is 10.9 Å². The molecule has 0 bridgehead atoms. The smallest absolute Gasteiger partial charge is 0.238 e. The number of allylic oxidation sites excluding steroid dienone is 2. The molecule has 0 amide bonds. The molecule has 0 aromatic heterocycles. The Morgan fingerprint density at radius 1 is 1.12 bits per heavy atom. The number of primary sulfonamides is 1. The third-order valence-corrected chi connectivity index (χ3v) is 6.01. The van der Waals surface area contributed by atoms with Gasteiger partial charge >= 0.3 is 0 Å². The van der Waals surface area contributed by atoms with E-state index < -0.39 is 10.0 Å². The molecule has 4 rings (SSSR count). The summed E-state index contributed by atoms with van der Waals surface area (Å²) in [6.07, 6.45) is 5.37. The first-order chi connectivity index (χ1) is 11.4. The molecule has 24 heavy (non-hydrogen) atoms. The van der Waals surface area contributed by atoms with Crippen LogP contribution < -0.4 is 10.5 Å². The zero-order valence-corrected chi connectivity index (χ0v) is 14.3. The molecule has 0 saturated carbocycles. The van der Waals surface area contributed by atoms with Crippen LogP contribution in [0.5, 0.6) is 0 Å². The number of nitrogens with two attached hydrogens (primary N) is 1. The van der Waals surface area contributed by atoms with E-state index in [9.17, 15) is 8.42 Å². The first-order valence-electron chi connectivity index (χ1n) is 8.10. The van der Waals surface area contributed by atoms with E-state index in [1.54, 1.807) is 12.1 Å². The van der Waals surface area contributed by atoms with Gasteiger partial charge in [0.25, 0.3) is 0 Å². The van der Waals surface area contributed by atoms with Gasteiger partial charge in [-0.05, 0) is 48.6 Å². The lowest BCUT2D eigenvalue weighted by atomic mass is 9.77. The SMILES string of the molecule is Cc1ccc([C@@H]2Nc3ccc(S(N)(=O)=O)cc3[C@H]3C=CC[C@H]32)cc1. The van der Waals surface area contributed by atoms with Crippen molar-refractivity contribution in [3.63, 3.8) is 0 Å². The summed E-state index contributed by atoms with van der Waals surface area (Å²) < 4.78 is 23.3. The van der Waals surface area contributed by atoms with Gasteiger partial charge in [-0.3, -0.25) is 0 Å². The van der Waals surface area contributed by atoms with Crippen molar-refractivity contribution >= 4 is 15.7 Å². The molecule has 2 aliphatic rings. The Hall–Kier alpha value is -2.11. The summed E-state index contributed by atoms with van der Waals surface area (Å²) in [5.74, 6) is 0.602. The molecule has 1 heterocycles. The summed E-state index contributed by atoms with van der Waals surface area (Å²) >= 11 is 0. The normalized spacial score (nSPS) is 25.0. The summed E-state index contributed by atoms with van der Waals surface area (Å²) in [6, 6.07) is 14.0. The Labute approximate surface area is 142 Å². The van der Waals surface area contributed by atoms with Crippen LogP contribution in [0.25, 0.3) is 0 Å². The molecule has 4 nitrogen and oxygen atoms in total. The van der Waals surface area contributed by atoms with E-state index in [4.69, 9.17) is 5.14 Å². The lowest BCUT2D eigenvalue weighted by Gasteiger charge is -2.37. The quantitative estimate of drug-likeness (QED) is 0.822. The molecule has 0 spiro atoms. The minimum Gasteiger partial charge on any atom is -0.378 e. The van der Waals surface area contributed by atoms with Gasteiger partial charge in [0.1, 0.15) is 0 Å². The number of hydrogen-bond acceptors (Lipinski definition) is 3. The van der Waals surface area contributed by atoms with Crippen LogP contribution in [-0.2, 0) is 10.0 Å². The number of aryl methyl sites for hydroxylation is 1. The van der Waals surface area contributed by atoms with E-state index in [1.807, 2.05) is 6.07 Å². The van der Waals surface area contributed by atoms with Crippen molar-refractivity contribution < 1.29 is 8.42 Å². The number of anilines is 1. The minimum atomic E-state index is -3.69. The van der Waals surface area contributed by atoms with Gasteiger partial charge in [-0.25, -0.2) is 13.6 Å². The largest absolute Gasteiger partial charge is 0.378 e. The molecule has 3 N–H and O–H groups in total. The first-order valence-corrected chi connectivity index (χ1v) is 9.64. The maximum Gasteiger partial charge on any atom is 0.238 e. The van der Waals surface area contributed by atoms with Crippen molar-refractivity contribution in [1.29, 1.82) is 0 Å². The highest BCUT2D eigenvalue weighted by Crippen LogP contribution is 2.50. The second-order valence-electron chi connectivity index (χ2n) is 6.68. The molecular weight excluding hydrogens is 320 g/mol. The van der Waals surface area contributed by atoms with Crippen molar-refractivity contribution in [2.75, 3.05) is 5.32 Å². The second kappa shape index (κ2) is 5.46. The molecule has 1 aliphatic heterocycles. The molecular formula is C19H20N2O2S. The molecule has 0 radical (unpaired) electrons. The van der Waals surface area contributed by atoms with E-state index in [1.165, 1.54) is 11.1 Å². The molecule has 5 heteroatoms. The maximum atomic E-state index is 11.7. The van der Waals surface area contributed by atoms with Crippen LogP contribution >= 0.6 is 0 Å². The monoisotopic (exact) mass is 340 g/mol. The van der Waals surface area contributed by atoms with Gasteiger partial charge in [0, 0.05) is 11.6 Å². The summed E-state index contributed by atoms with van der Waals surface area (Å²) in [5.41, 5.74) is 4.51. The fraction of sp³-hybridized carbons (Fsp3) is 0.263. The third-order valence-electron chi connectivity index (χ3n) is 5.10. The van der Waals surface area contributed by atoms with Crippen molar-refractivity contribution in [1.82, 2.24) is 0 Å². The average Bonchev–Trinajstić information content (AvgIpc) is 3.03. The first kappa shape index (κ1) is 15.4. The van der Waals surface area contributed by atoms with Crippen LogP contribution in [0.1, 0.15) is 35.1 Å². The third kappa shape index (κ3) is 2.54. The van der Waals surface area contributed by atoms with Crippen LogP contribution in [0.15, 0.2) is 59.5 Å². The Balaban J connectivity index is 1.79. The van der Waals surface area contributed by atoms with Crippen molar-refractivity contribution in [2.45, 2.75) is 30.2 Å². The summed E-state index contributed by atoms with van der Waals surface area (Å²) in [6.45, 7) is 2.09. The Kier molecular flexibility index (Phi) is 3.51. The van der Waals surface area contributed by atoms with Crippen LogP contribution in [0, 0.1) is 12.8 Å². The van der Waals surface area contributed by atoms with E-state index >= 15 is 0 Å². The maximum absolute atomic E-state index is 11.7. The predicted molar refractivity (Wildman–Crippen MR) is 95.3 cm³/mol. The van der Waals surface area contributed by atoms with Crippen LogP contribution in [0.2, 0.25) is 0 Å². The molecule has 124 valence electrons. The lowest BCUT2D eigenvalue weighted by molar-refractivity contribution is 0.425. The zero-order chi connectivity index (χ0) is 16.9. The fourth-order valence-corrected chi connectivity index (χ4v) is 4.40. The van der Waals surface area contributed by atoms with Crippen LogP contribution in [0.3, 0.4) is 0 Å². The molecule has 0 unspecified atom stereocenters. The average molecular weight is 340 g/mol. The van der Waals surface area contributed by atoms with E-state index in [0.29, 0.717) is 5.92 Å². The minimum absolute atomic E-state index is 0.177. The van der Waals surface area contributed by atoms with Crippen LogP contribution in [0.4, 0.5) is 5.69 Å². The summed E-state index contributed by atoms with van der Waals surface area (Å²) in [4.78, 5) is 0.177. The number of nitrogens with one attached hydrogen (secondary N) is 1. The van der Waals surface area contributed by atoms with Gasteiger partial charge in [-0.15, -0.1) is 0 Å². The Morgan fingerprint density at radius 3 is 2.58 bits per heavy atom. The standard InChI is InChI=1S/C19H20N2O2S/c1-12-5-7-13(8-6-12)19-16-4-2-3-15(16)17-11-14(24(20,22)23)9-10-18(17)21-19/h2-3,5-11,15-16,19,21H,4H2,1H3,(H2,20,22,23)/t15-,16+,19-/m0/s1. The van der Waals surface area contributed by atoms with Crippen molar-refractivity contribution in [3.8, 4) is 0 Å². The molecule has 2 aromatic carbocycles. The lowest BCUT2D eigenvalue weighted by Crippen LogP contribution is -2.29. The fourth-order valence-electron chi connectivity index (χ4n) is 3.85. The predicted octanol–water partition coefficient (Wildman–Crippen LogP) is 3.47. The highest BCUT2D eigenvalue weighted by atomic mass is 32.2. The number of benzene rings is 2. The number of sulfonamides is 1. The topological polar surface area (TPSA) is 72.2 Å². The Morgan fingerprint density at radius 2 is 1.88 bits per heavy atom. The van der Waals surface area contributed by atoms with Gasteiger partial charge in [-0.1, -0.05) is 42.0 Å². The number of fused-ring (bicyclic) bond motifs is 3. The van der Waals surface area contributed by atoms with Gasteiger partial charge in [0.2, 0.25) is 10.0 Å². The Bertz CT molecular complexity index is 917. The molecule has 1 aliphatic carbocycles. The zero-order valence-electron chi connectivity index (χ0n) is 13.4. The summed E-state index contributed by atoms with van der Waals surface area (Å²) in [5, 5.41) is 8.90. The number of rotatable bonds is 2. The van der Waals surface area contributed by atoms with E-state index in [2.05, 4.69) is 48.7 Å². The molecule has 0 saturated heterocycles. The molecule has 2 aromatic rings. The second-order valence-corrected chi connectivity index (χ2v) is 8.24. The number of hydrogen-bond donors (Lipinski definition) is 2. The summed E-state index contributed by atoms with van der Waals surface area (Å²) in [7, 11) is -3.69. The highest BCUT2D eigenvalue weighted by molar-refractivity contribution is 7.89. The highest BCUT2D eigenvalue weighted by Gasteiger charge is 2.38.